The van der Waals surface area contributed by atoms with Gasteiger partial charge in [0.2, 0.25) is 0 Å². The van der Waals surface area contributed by atoms with Crippen molar-refractivity contribution in [2.75, 3.05) is 7.11 Å². The molecule has 0 saturated heterocycles. The molecule has 0 bridgehead atoms. The van der Waals surface area contributed by atoms with E-state index in [4.69, 9.17) is 4.74 Å². The molecule has 1 atom stereocenters. The van der Waals surface area contributed by atoms with Crippen molar-refractivity contribution in [2.45, 2.75) is 44.8 Å². The molecule has 1 heterocycles. The molecule has 1 aromatic heterocycles. The minimum atomic E-state index is -0.701. The van der Waals surface area contributed by atoms with Gasteiger partial charge in [-0.15, -0.1) is 0 Å². The van der Waals surface area contributed by atoms with Gasteiger partial charge in [0.1, 0.15) is 11.8 Å². The van der Waals surface area contributed by atoms with Crippen LogP contribution in [-0.2, 0) is 6.54 Å². The molecule has 2 aromatic rings. The lowest BCUT2D eigenvalue weighted by molar-refractivity contribution is 0.202. The van der Waals surface area contributed by atoms with Gasteiger partial charge in [0.05, 0.1) is 13.3 Å². The molecule has 3 rings (SSSR count). The monoisotopic (exact) mass is 286 g/mol. The molecule has 112 valence electrons. The summed E-state index contributed by atoms with van der Waals surface area (Å²) in [5, 5.41) is 15.1. The molecule has 4 heteroatoms. The molecule has 1 aromatic carbocycles. The highest BCUT2D eigenvalue weighted by Crippen LogP contribution is 2.41. The number of aliphatic hydroxyl groups is 1. The number of ether oxygens (including phenoxy) is 1. The average Bonchev–Trinajstić information content (AvgIpc) is 3.29. The normalized spacial score (nSPS) is 16.0. The standard InChI is InChI=1S/C17H22N2O2/c1-3-9-19-16(15(21-2)11-18-19)17(20)14-6-4-5-13(10-14)12-7-8-12/h4-6,10-12,17,20H,3,7-9H2,1-2H3. The maximum Gasteiger partial charge on any atom is 0.163 e. The fourth-order valence-corrected chi connectivity index (χ4v) is 2.76. The summed E-state index contributed by atoms with van der Waals surface area (Å²) in [6.07, 6.45) is 4.46. The van der Waals surface area contributed by atoms with Crippen molar-refractivity contribution in [2.24, 2.45) is 0 Å². The molecular weight excluding hydrogens is 264 g/mol. The molecular formula is C17H22N2O2. The third-order valence-corrected chi connectivity index (χ3v) is 4.03. The summed E-state index contributed by atoms with van der Waals surface area (Å²) in [5.74, 6) is 1.33. The molecule has 0 aliphatic heterocycles. The fourth-order valence-electron chi connectivity index (χ4n) is 2.76. The number of nitrogens with zero attached hydrogens (tertiary/aromatic N) is 2. The Balaban J connectivity index is 1.95. The quantitative estimate of drug-likeness (QED) is 0.886. The molecule has 1 fully saturated rings. The summed E-state index contributed by atoms with van der Waals surface area (Å²) in [4.78, 5) is 0. The van der Waals surface area contributed by atoms with Crippen LogP contribution in [0.1, 0.15) is 55.0 Å². The van der Waals surface area contributed by atoms with Gasteiger partial charge in [0.15, 0.2) is 5.75 Å². The smallest absolute Gasteiger partial charge is 0.163 e. The summed E-state index contributed by atoms with van der Waals surface area (Å²) in [6, 6.07) is 8.26. The van der Waals surface area contributed by atoms with Crippen molar-refractivity contribution >= 4 is 0 Å². The molecule has 0 radical (unpaired) electrons. The number of aryl methyl sites for hydroxylation is 1. The first-order valence-electron chi connectivity index (χ1n) is 7.62. The van der Waals surface area contributed by atoms with Crippen LogP contribution in [0.5, 0.6) is 5.75 Å². The van der Waals surface area contributed by atoms with Crippen LogP contribution in [0.4, 0.5) is 0 Å². The van der Waals surface area contributed by atoms with E-state index in [9.17, 15) is 5.11 Å². The minimum absolute atomic E-state index is 0.646. The van der Waals surface area contributed by atoms with Gasteiger partial charge in [-0.2, -0.15) is 5.10 Å². The summed E-state index contributed by atoms with van der Waals surface area (Å²) >= 11 is 0. The fraction of sp³-hybridized carbons (Fsp3) is 0.471. The van der Waals surface area contributed by atoms with E-state index in [2.05, 4.69) is 24.2 Å². The van der Waals surface area contributed by atoms with Crippen LogP contribution in [0, 0.1) is 0 Å². The molecule has 0 spiro atoms. The number of aliphatic hydroxyl groups excluding tert-OH is 1. The first kappa shape index (κ1) is 14.1. The van der Waals surface area contributed by atoms with Crippen LogP contribution in [-0.4, -0.2) is 22.0 Å². The van der Waals surface area contributed by atoms with Crippen LogP contribution in [0.3, 0.4) is 0 Å². The van der Waals surface area contributed by atoms with Crippen molar-refractivity contribution in [3.8, 4) is 5.75 Å². The van der Waals surface area contributed by atoms with Gasteiger partial charge in [0, 0.05) is 6.54 Å². The molecule has 21 heavy (non-hydrogen) atoms. The largest absolute Gasteiger partial charge is 0.493 e. The number of methoxy groups -OCH3 is 1. The molecule has 1 unspecified atom stereocenters. The van der Waals surface area contributed by atoms with Crippen molar-refractivity contribution in [3.63, 3.8) is 0 Å². The van der Waals surface area contributed by atoms with Crippen LogP contribution in [0.15, 0.2) is 30.5 Å². The Morgan fingerprint density at radius 1 is 1.43 bits per heavy atom. The second kappa shape index (κ2) is 5.90. The third kappa shape index (κ3) is 2.81. The number of benzene rings is 1. The number of aromatic nitrogens is 2. The van der Waals surface area contributed by atoms with Crippen LogP contribution >= 0.6 is 0 Å². The third-order valence-electron chi connectivity index (χ3n) is 4.03. The van der Waals surface area contributed by atoms with Crippen LogP contribution < -0.4 is 4.74 Å². The maximum absolute atomic E-state index is 10.8. The lowest BCUT2D eigenvalue weighted by Crippen LogP contribution is -2.11. The summed E-state index contributed by atoms with van der Waals surface area (Å²) in [7, 11) is 1.62. The van der Waals surface area contributed by atoms with Gasteiger partial charge in [-0.05, 0) is 36.3 Å². The average molecular weight is 286 g/mol. The Kier molecular flexibility index (Phi) is 3.97. The topological polar surface area (TPSA) is 47.3 Å². The Hall–Kier alpha value is -1.81. The van der Waals surface area contributed by atoms with Crippen molar-refractivity contribution in [3.05, 3.63) is 47.3 Å². The Morgan fingerprint density at radius 3 is 2.90 bits per heavy atom. The summed E-state index contributed by atoms with van der Waals surface area (Å²) in [5.41, 5.74) is 2.98. The summed E-state index contributed by atoms with van der Waals surface area (Å²) in [6.45, 7) is 2.87. The molecule has 4 nitrogen and oxygen atoms in total. The molecule has 1 N–H and O–H groups in total. The maximum atomic E-state index is 10.8. The van der Waals surface area contributed by atoms with Crippen molar-refractivity contribution < 1.29 is 9.84 Å². The predicted molar refractivity (Wildman–Crippen MR) is 81.5 cm³/mol. The lowest BCUT2D eigenvalue weighted by Gasteiger charge is -2.16. The van der Waals surface area contributed by atoms with E-state index in [0.717, 1.165) is 24.2 Å². The van der Waals surface area contributed by atoms with E-state index in [1.807, 2.05) is 16.8 Å². The Morgan fingerprint density at radius 2 is 2.24 bits per heavy atom. The van der Waals surface area contributed by atoms with Crippen molar-refractivity contribution in [1.29, 1.82) is 0 Å². The van der Waals surface area contributed by atoms with Gasteiger partial charge >= 0.3 is 0 Å². The summed E-state index contributed by atoms with van der Waals surface area (Å²) < 4.78 is 7.20. The van der Waals surface area contributed by atoms with Gasteiger partial charge in [-0.3, -0.25) is 4.68 Å². The number of rotatable bonds is 6. The highest BCUT2D eigenvalue weighted by molar-refractivity contribution is 5.38. The first-order valence-corrected chi connectivity index (χ1v) is 7.62. The second-order valence-electron chi connectivity index (χ2n) is 5.67. The zero-order valence-electron chi connectivity index (χ0n) is 12.6. The highest BCUT2D eigenvalue weighted by Gasteiger charge is 2.26. The molecule has 1 saturated carbocycles. The number of hydrogen-bond acceptors (Lipinski definition) is 3. The molecule has 1 aliphatic rings. The minimum Gasteiger partial charge on any atom is -0.493 e. The van der Waals surface area contributed by atoms with Gasteiger partial charge in [-0.25, -0.2) is 0 Å². The second-order valence-corrected chi connectivity index (χ2v) is 5.67. The van der Waals surface area contributed by atoms with Gasteiger partial charge < -0.3 is 9.84 Å². The SMILES string of the molecule is CCCn1ncc(OC)c1C(O)c1cccc(C2CC2)c1. The van der Waals surface area contributed by atoms with Crippen molar-refractivity contribution in [1.82, 2.24) is 9.78 Å². The lowest BCUT2D eigenvalue weighted by atomic mass is 10.0. The Labute approximate surface area is 125 Å². The van der Waals surface area contributed by atoms with Gasteiger partial charge in [-0.1, -0.05) is 31.2 Å². The van der Waals surface area contributed by atoms with E-state index < -0.39 is 6.10 Å². The van der Waals surface area contributed by atoms with E-state index in [-0.39, 0.29) is 0 Å². The zero-order chi connectivity index (χ0) is 14.8. The first-order chi connectivity index (χ1) is 10.2. The highest BCUT2D eigenvalue weighted by atomic mass is 16.5. The van der Waals surface area contributed by atoms with E-state index in [0.29, 0.717) is 11.7 Å². The zero-order valence-corrected chi connectivity index (χ0v) is 12.6. The van der Waals surface area contributed by atoms with Gasteiger partial charge in [0.25, 0.3) is 0 Å². The van der Waals surface area contributed by atoms with E-state index >= 15 is 0 Å². The van der Waals surface area contributed by atoms with E-state index in [1.165, 1.54) is 18.4 Å². The van der Waals surface area contributed by atoms with E-state index in [1.54, 1.807) is 13.3 Å². The number of hydrogen-bond donors (Lipinski definition) is 1. The van der Waals surface area contributed by atoms with Crippen LogP contribution in [0.2, 0.25) is 0 Å². The predicted octanol–water partition coefficient (Wildman–Crippen LogP) is 3.26. The Bertz CT molecular complexity index is 617. The molecule has 0 amide bonds. The van der Waals surface area contributed by atoms with Crippen LogP contribution in [0.25, 0.3) is 0 Å². The molecule has 1 aliphatic carbocycles.